The van der Waals surface area contributed by atoms with Crippen molar-refractivity contribution in [3.05, 3.63) is 109 Å². The Kier molecular flexibility index (Phi) is 28.5. The summed E-state index contributed by atoms with van der Waals surface area (Å²) in [6.45, 7) is 6.78. The molecule has 0 unspecified atom stereocenters. The van der Waals surface area contributed by atoms with Gasteiger partial charge in [0.25, 0.3) is 0 Å². The Labute approximate surface area is 548 Å². The molecule has 0 bridgehead atoms. The maximum absolute atomic E-state index is 2.70. The third kappa shape index (κ3) is 19.0. The Hall–Kier alpha value is -4.64. The second kappa shape index (κ2) is 37.8. The largest absolute Gasteiger partial charge is 0.340 e. The van der Waals surface area contributed by atoms with Gasteiger partial charge in [0.1, 0.15) is 0 Å². The van der Waals surface area contributed by atoms with Crippen molar-refractivity contribution in [2.24, 2.45) is 0 Å². The van der Waals surface area contributed by atoms with Crippen LogP contribution >= 0.6 is 22.7 Å². The number of benzene rings is 6. The minimum atomic E-state index is 1.07. The van der Waals surface area contributed by atoms with Gasteiger partial charge < -0.3 is 9.13 Å². The van der Waals surface area contributed by atoms with Crippen LogP contribution in [0, 0.1) is 0 Å². The van der Waals surface area contributed by atoms with Gasteiger partial charge >= 0.3 is 0 Å². The second-order valence-electron chi connectivity index (χ2n) is 27.8. The number of para-hydroxylation sites is 1. The number of aryl methyl sites for hydroxylation is 2. The predicted molar refractivity (Wildman–Crippen MR) is 403 cm³/mol. The van der Waals surface area contributed by atoms with E-state index in [1.54, 1.807) is 0 Å². The highest BCUT2D eigenvalue weighted by molar-refractivity contribution is 7.27. The van der Waals surface area contributed by atoms with Gasteiger partial charge in [-0.25, -0.2) is 0 Å². The van der Waals surface area contributed by atoms with Crippen molar-refractivity contribution in [2.45, 2.75) is 316 Å². The zero-order chi connectivity index (χ0) is 60.9. The van der Waals surface area contributed by atoms with Crippen LogP contribution in [0.25, 0.3) is 95.1 Å². The lowest BCUT2D eigenvalue weighted by molar-refractivity contribution is 0.515. The highest BCUT2D eigenvalue weighted by Crippen LogP contribution is 2.46. The van der Waals surface area contributed by atoms with Crippen molar-refractivity contribution < 1.29 is 0 Å². The summed E-state index contributed by atoms with van der Waals surface area (Å²) in [4.78, 5) is 0. The summed E-state index contributed by atoms with van der Waals surface area (Å²) in [5, 5.41) is 11.2. The van der Waals surface area contributed by atoms with E-state index in [0.717, 1.165) is 13.1 Å². The number of hydrogen-bond donors (Lipinski definition) is 0. The van der Waals surface area contributed by atoms with Crippen molar-refractivity contribution in [2.75, 3.05) is 0 Å². The van der Waals surface area contributed by atoms with Crippen LogP contribution in [0.1, 0.15) is 303 Å². The average Bonchev–Trinajstić information content (AvgIpc) is 1.60. The summed E-state index contributed by atoms with van der Waals surface area (Å²) >= 11 is 3.99. The summed E-state index contributed by atoms with van der Waals surface area (Å²) < 4.78 is 11.1. The third-order valence-corrected chi connectivity index (χ3v) is 23.2. The molecule has 0 spiro atoms. The minimum Gasteiger partial charge on any atom is -0.340 e. The van der Waals surface area contributed by atoms with Crippen molar-refractivity contribution in [1.29, 1.82) is 0 Å². The molecule has 0 amide bonds. The predicted octanol–water partition coefficient (Wildman–Crippen LogP) is 29.9. The number of fused-ring (bicyclic) bond motifs is 14. The first kappa shape index (κ1) is 67.3. The Morgan fingerprint density at radius 3 is 1.13 bits per heavy atom. The van der Waals surface area contributed by atoms with Crippen LogP contribution < -0.4 is 0 Å². The third-order valence-electron chi connectivity index (χ3n) is 20.8. The zero-order valence-electron chi connectivity index (χ0n) is 56.3. The molecule has 0 aliphatic heterocycles. The van der Waals surface area contributed by atoms with Crippen molar-refractivity contribution in [1.82, 2.24) is 9.13 Å². The minimum absolute atomic E-state index is 1.07. The van der Waals surface area contributed by atoms with Gasteiger partial charge in [-0.2, -0.15) is 0 Å². The standard InChI is InChI=1S/C85H118N2S2/c1-3-5-7-9-11-13-15-17-19-21-23-25-27-29-30-32-34-36-38-40-42-44-50-64-86-78-62-61-73-71-53-47-49-55-80(71)88-84(73)82(78)75-58-56-69(67-79(75)86)68-57-63-81-76(66-68)74-60-59-72-70-52-46-48-54-77(70)87(83(72)85(74)89-81)65-51-45-43-41-39-37-35-33-31-28-26-24-22-20-18-16-14-12-10-8-6-4-2/h46-49,52-63,66-67H,3-45,50-51,64-65H2,1-2H3. The number of hydrogen-bond acceptors (Lipinski definition) is 2. The second-order valence-corrected chi connectivity index (χ2v) is 29.9. The monoisotopic (exact) mass is 1230 g/mol. The molecule has 0 radical (unpaired) electrons. The van der Waals surface area contributed by atoms with Gasteiger partial charge in [-0.3, -0.25) is 0 Å². The Bertz CT molecular complexity index is 3630. The molecule has 10 rings (SSSR count). The molecule has 2 nitrogen and oxygen atoms in total. The number of aromatic nitrogens is 2. The first-order valence-corrected chi connectivity index (χ1v) is 39.6. The van der Waals surface area contributed by atoms with Crippen molar-refractivity contribution in [3.63, 3.8) is 0 Å². The lowest BCUT2D eigenvalue weighted by atomic mass is 10.0. The van der Waals surface area contributed by atoms with Gasteiger partial charge in [-0.15, -0.1) is 22.7 Å². The van der Waals surface area contributed by atoms with E-state index in [4.69, 9.17) is 0 Å². The fourth-order valence-corrected chi connectivity index (χ4v) is 18.0. The lowest BCUT2D eigenvalue weighted by Crippen LogP contribution is -1.98. The van der Waals surface area contributed by atoms with Crippen molar-refractivity contribution >= 4 is 107 Å². The highest BCUT2D eigenvalue weighted by Gasteiger charge is 2.20. The molecule has 480 valence electrons. The van der Waals surface area contributed by atoms with Gasteiger partial charge in [0.05, 0.1) is 15.7 Å². The molecule has 6 aromatic carbocycles. The fourth-order valence-electron chi connectivity index (χ4n) is 15.5. The number of thiophene rings is 2. The highest BCUT2D eigenvalue weighted by atomic mass is 32.1. The molecular weight excluding hydrogens is 1110 g/mol. The Morgan fingerprint density at radius 1 is 0.247 bits per heavy atom. The van der Waals surface area contributed by atoms with E-state index in [2.05, 4.69) is 132 Å². The molecule has 0 N–H and O–H groups in total. The van der Waals surface area contributed by atoms with Crippen molar-refractivity contribution in [3.8, 4) is 11.1 Å². The molecule has 0 aliphatic carbocycles. The Balaban J connectivity index is 0.705. The zero-order valence-corrected chi connectivity index (χ0v) is 58.0. The number of unbranched alkanes of at least 4 members (excludes halogenated alkanes) is 43. The van der Waals surface area contributed by atoms with Gasteiger partial charge in [-0.1, -0.05) is 363 Å². The van der Waals surface area contributed by atoms with Crippen LogP contribution in [-0.2, 0) is 13.1 Å². The smallest absolute Gasteiger partial charge is 0.0672 e. The van der Waals surface area contributed by atoms with E-state index in [9.17, 15) is 0 Å². The van der Waals surface area contributed by atoms with E-state index >= 15 is 0 Å². The van der Waals surface area contributed by atoms with E-state index in [0.29, 0.717) is 0 Å². The maximum Gasteiger partial charge on any atom is 0.0672 e. The molecule has 0 saturated carbocycles. The Morgan fingerprint density at radius 2 is 0.618 bits per heavy atom. The first-order chi connectivity index (χ1) is 44.2. The number of rotatable bonds is 48. The molecule has 0 aliphatic rings. The molecule has 0 fully saturated rings. The molecule has 10 aromatic rings. The lowest BCUT2D eigenvalue weighted by Gasteiger charge is -2.10. The topological polar surface area (TPSA) is 9.86 Å². The van der Waals surface area contributed by atoms with Crippen LogP contribution in [0.2, 0.25) is 0 Å². The van der Waals surface area contributed by atoms with Gasteiger partial charge in [-0.05, 0) is 60.4 Å². The molecule has 4 aromatic heterocycles. The van der Waals surface area contributed by atoms with Crippen LogP contribution in [0.5, 0.6) is 0 Å². The van der Waals surface area contributed by atoms with E-state index in [1.165, 1.54) is 384 Å². The summed E-state index contributed by atoms with van der Waals surface area (Å²) in [5.41, 5.74) is 8.26. The van der Waals surface area contributed by atoms with E-state index < -0.39 is 0 Å². The fraction of sp³-hybridized carbons (Fsp3) is 0.576. The molecule has 4 heterocycles. The quantitative estimate of drug-likeness (QED) is 0.0337. The van der Waals surface area contributed by atoms with Gasteiger partial charge in [0.2, 0.25) is 0 Å². The first-order valence-electron chi connectivity index (χ1n) is 38.0. The number of nitrogens with zero attached hydrogens (tertiary/aromatic N) is 2. The van der Waals surface area contributed by atoms with E-state index in [-0.39, 0.29) is 0 Å². The molecule has 0 saturated heterocycles. The molecule has 4 heteroatoms. The van der Waals surface area contributed by atoms with Crippen LogP contribution in [0.4, 0.5) is 0 Å². The average molecular weight is 1230 g/mol. The summed E-state index contributed by atoms with van der Waals surface area (Å²) in [5.74, 6) is 0. The van der Waals surface area contributed by atoms with Gasteiger partial charge in [0, 0.05) is 81.3 Å². The summed E-state index contributed by atoms with van der Waals surface area (Å²) in [6, 6.07) is 42.8. The SMILES string of the molecule is CCCCCCCCCCCCCCCCCCCCCCCCCn1c2cc(-c3ccc4sc5c(ccc6c7ccccc7n(CCCCCCCCCCCCCCCCCCCCCCCC)c65)c4c3)ccc2c2c3sc4ccccc4c3ccc21. The molecule has 0 atom stereocenters. The summed E-state index contributed by atoms with van der Waals surface area (Å²) in [7, 11) is 0. The maximum atomic E-state index is 2.70. The molecular formula is C85H118N2S2. The normalized spacial score (nSPS) is 12.2. The van der Waals surface area contributed by atoms with Gasteiger partial charge in [0.15, 0.2) is 0 Å². The van der Waals surface area contributed by atoms with Crippen LogP contribution in [0.3, 0.4) is 0 Å². The van der Waals surface area contributed by atoms with E-state index in [1.807, 2.05) is 22.7 Å². The van der Waals surface area contributed by atoms with Crippen LogP contribution in [0.15, 0.2) is 109 Å². The van der Waals surface area contributed by atoms with Crippen LogP contribution in [-0.4, -0.2) is 9.13 Å². The molecule has 89 heavy (non-hydrogen) atoms. The summed E-state index contributed by atoms with van der Waals surface area (Å²) in [6.07, 6.45) is 64.1.